The lowest BCUT2D eigenvalue weighted by Crippen LogP contribution is -2.06. The number of fused-ring (bicyclic) bond motifs is 1. The maximum atomic E-state index is 13.0. The van der Waals surface area contributed by atoms with Crippen molar-refractivity contribution in [1.82, 2.24) is 0 Å². The average Bonchev–Trinajstić information content (AvgIpc) is 2.70. The van der Waals surface area contributed by atoms with Crippen molar-refractivity contribution in [2.75, 3.05) is 13.7 Å². The van der Waals surface area contributed by atoms with Crippen LogP contribution in [-0.4, -0.2) is 19.5 Å². The lowest BCUT2D eigenvalue weighted by Gasteiger charge is -2.11. The lowest BCUT2D eigenvalue weighted by atomic mass is 10.0. The van der Waals surface area contributed by atoms with Crippen LogP contribution in [0.15, 0.2) is 70.4 Å². The molecule has 0 saturated heterocycles. The summed E-state index contributed by atoms with van der Waals surface area (Å²) >= 11 is 0. The van der Waals surface area contributed by atoms with Crippen LogP contribution in [0.2, 0.25) is 0 Å². The SMILES string of the molecule is C=CCOc1ccc2c(C)cc(=O)oc2c1C(=O)/C=C/c1cccc(OC)c1. The Balaban J connectivity index is 2.10. The summed E-state index contributed by atoms with van der Waals surface area (Å²) in [6.07, 6.45) is 4.68. The van der Waals surface area contributed by atoms with Crippen molar-refractivity contribution in [3.8, 4) is 11.5 Å². The van der Waals surface area contributed by atoms with Gasteiger partial charge in [-0.1, -0.05) is 30.9 Å². The summed E-state index contributed by atoms with van der Waals surface area (Å²) in [5.74, 6) is 0.694. The topological polar surface area (TPSA) is 65.7 Å². The Morgan fingerprint density at radius 1 is 1.21 bits per heavy atom. The van der Waals surface area contributed by atoms with Crippen LogP contribution in [0.5, 0.6) is 11.5 Å². The maximum Gasteiger partial charge on any atom is 0.336 e. The van der Waals surface area contributed by atoms with Crippen molar-refractivity contribution < 1.29 is 18.7 Å². The molecule has 0 aliphatic rings. The maximum absolute atomic E-state index is 13.0. The van der Waals surface area contributed by atoms with E-state index in [9.17, 15) is 9.59 Å². The van der Waals surface area contributed by atoms with E-state index >= 15 is 0 Å². The number of hydrogen-bond donors (Lipinski definition) is 0. The van der Waals surface area contributed by atoms with E-state index in [4.69, 9.17) is 13.9 Å². The second-order valence-electron chi connectivity index (χ2n) is 6.14. The molecule has 3 aromatic rings. The molecule has 0 amide bonds. The number of ketones is 1. The molecule has 0 saturated carbocycles. The van der Waals surface area contributed by atoms with E-state index in [0.717, 1.165) is 11.1 Å². The highest BCUT2D eigenvalue weighted by Gasteiger charge is 2.18. The van der Waals surface area contributed by atoms with Gasteiger partial charge < -0.3 is 13.9 Å². The largest absolute Gasteiger partial charge is 0.497 e. The first-order valence-electron chi connectivity index (χ1n) is 8.71. The molecule has 0 unspecified atom stereocenters. The van der Waals surface area contributed by atoms with Crippen LogP contribution in [-0.2, 0) is 0 Å². The molecule has 0 radical (unpaired) electrons. The van der Waals surface area contributed by atoms with Crippen LogP contribution < -0.4 is 15.1 Å². The molecule has 0 atom stereocenters. The summed E-state index contributed by atoms with van der Waals surface area (Å²) < 4.78 is 16.2. The Bertz CT molecular complexity index is 1120. The van der Waals surface area contributed by atoms with Crippen LogP contribution in [0, 0.1) is 6.92 Å². The first-order valence-corrected chi connectivity index (χ1v) is 8.71. The molecule has 142 valence electrons. The van der Waals surface area contributed by atoms with Crippen molar-refractivity contribution in [3.05, 3.63) is 88.3 Å². The van der Waals surface area contributed by atoms with Crippen LogP contribution >= 0.6 is 0 Å². The van der Waals surface area contributed by atoms with Gasteiger partial charge in [-0.25, -0.2) is 4.79 Å². The van der Waals surface area contributed by atoms with E-state index in [1.807, 2.05) is 24.3 Å². The summed E-state index contributed by atoms with van der Waals surface area (Å²) in [5.41, 5.74) is 1.44. The van der Waals surface area contributed by atoms with E-state index in [1.54, 1.807) is 38.3 Å². The van der Waals surface area contributed by atoms with Gasteiger partial charge in [0.1, 0.15) is 23.7 Å². The van der Waals surface area contributed by atoms with Crippen LogP contribution in [0.3, 0.4) is 0 Å². The Kier molecular flexibility index (Phi) is 5.75. The van der Waals surface area contributed by atoms with Gasteiger partial charge in [0.25, 0.3) is 0 Å². The molecule has 28 heavy (non-hydrogen) atoms. The Labute approximate surface area is 162 Å². The molecule has 0 N–H and O–H groups in total. The molecular weight excluding hydrogens is 356 g/mol. The fraction of sp³-hybridized carbons (Fsp3) is 0.130. The van der Waals surface area contributed by atoms with Crippen molar-refractivity contribution in [3.63, 3.8) is 0 Å². The second kappa shape index (κ2) is 8.39. The number of hydrogen-bond acceptors (Lipinski definition) is 5. The summed E-state index contributed by atoms with van der Waals surface area (Å²) in [6, 6.07) is 12.2. The molecule has 1 aromatic heterocycles. The molecule has 0 bridgehead atoms. The molecule has 2 aromatic carbocycles. The normalized spacial score (nSPS) is 10.9. The fourth-order valence-electron chi connectivity index (χ4n) is 2.87. The van der Waals surface area contributed by atoms with Crippen molar-refractivity contribution in [2.45, 2.75) is 6.92 Å². The van der Waals surface area contributed by atoms with Gasteiger partial charge in [-0.3, -0.25) is 4.79 Å². The smallest absolute Gasteiger partial charge is 0.336 e. The Morgan fingerprint density at radius 2 is 2.04 bits per heavy atom. The second-order valence-corrected chi connectivity index (χ2v) is 6.14. The van der Waals surface area contributed by atoms with Gasteiger partial charge in [-0.2, -0.15) is 0 Å². The highest BCUT2D eigenvalue weighted by Crippen LogP contribution is 2.30. The average molecular weight is 376 g/mol. The quantitative estimate of drug-likeness (QED) is 0.262. The third kappa shape index (κ3) is 4.04. The monoisotopic (exact) mass is 376 g/mol. The lowest BCUT2D eigenvalue weighted by molar-refractivity contribution is 0.104. The molecule has 3 rings (SSSR count). The number of allylic oxidation sites excluding steroid dienone is 1. The van der Waals surface area contributed by atoms with E-state index < -0.39 is 5.63 Å². The summed E-state index contributed by atoms with van der Waals surface area (Å²) in [6.45, 7) is 5.64. The number of ether oxygens (including phenoxy) is 2. The zero-order valence-electron chi connectivity index (χ0n) is 15.7. The third-order valence-electron chi connectivity index (χ3n) is 4.21. The van der Waals surface area contributed by atoms with Crippen molar-refractivity contribution >= 4 is 22.8 Å². The van der Waals surface area contributed by atoms with Gasteiger partial charge in [-0.05, 0) is 48.4 Å². The van der Waals surface area contributed by atoms with Crippen molar-refractivity contribution in [2.24, 2.45) is 0 Å². The Hall–Kier alpha value is -3.60. The third-order valence-corrected chi connectivity index (χ3v) is 4.21. The zero-order chi connectivity index (χ0) is 20.1. The first kappa shape index (κ1) is 19.2. The highest BCUT2D eigenvalue weighted by atomic mass is 16.5. The van der Waals surface area contributed by atoms with E-state index in [0.29, 0.717) is 16.9 Å². The van der Waals surface area contributed by atoms with E-state index in [-0.39, 0.29) is 23.5 Å². The van der Waals surface area contributed by atoms with Gasteiger partial charge in [0.15, 0.2) is 11.4 Å². The summed E-state index contributed by atoms with van der Waals surface area (Å²) in [4.78, 5) is 24.9. The minimum absolute atomic E-state index is 0.208. The molecule has 0 fully saturated rings. The number of benzene rings is 2. The van der Waals surface area contributed by atoms with Gasteiger partial charge in [0, 0.05) is 11.5 Å². The number of methoxy groups -OCH3 is 1. The predicted molar refractivity (Wildman–Crippen MR) is 109 cm³/mol. The van der Waals surface area contributed by atoms with Crippen LogP contribution in [0.4, 0.5) is 0 Å². The fourth-order valence-corrected chi connectivity index (χ4v) is 2.87. The number of carbonyl (C=O) groups excluding carboxylic acids is 1. The predicted octanol–water partition coefficient (Wildman–Crippen LogP) is 4.57. The molecule has 0 aliphatic heterocycles. The van der Waals surface area contributed by atoms with Crippen molar-refractivity contribution in [1.29, 1.82) is 0 Å². The number of rotatable bonds is 7. The van der Waals surface area contributed by atoms with Gasteiger partial charge in [0.2, 0.25) is 0 Å². The van der Waals surface area contributed by atoms with Gasteiger partial charge >= 0.3 is 5.63 Å². The molecule has 5 heteroatoms. The summed E-state index contributed by atoms with van der Waals surface area (Å²) in [5, 5.41) is 0.684. The molecule has 5 nitrogen and oxygen atoms in total. The minimum Gasteiger partial charge on any atom is -0.497 e. The van der Waals surface area contributed by atoms with Crippen LogP contribution in [0.1, 0.15) is 21.5 Å². The Morgan fingerprint density at radius 3 is 2.79 bits per heavy atom. The zero-order valence-corrected chi connectivity index (χ0v) is 15.7. The molecule has 0 spiro atoms. The van der Waals surface area contributed by atoms with Gasteiger partial charge in [0.05, 0.1) is 7.11 Å². The van der Waals surface area contributed by atoms with Crippen LogP contribution in [0.25, 0.3) is 17.0 Å². The highest BCUT2D eigenvalue weighted by molar-refractivity contribution is 6.15. The first-order chi connectivity index (χ1) is 13.5. The number of aryl methyl sites for hydroxylation is 1. The summed E-state index contributed by atoms with van der Waals surface area (Å²) in [7, 11) is 1.58. The molecular formula is C23H20O5. The molecule has 1 heterocycles. The standard InChI is InChI=1S/C23H20O5/c1-4-12-27-20-11-9-18-15(2)13-21(25)28-23(18)22(20)19(24)10-8-16-6-5-7-17(14-16)26-3/h4-11,13-14H,1,12H2,2-3H3/b10-8+. The van der Waals surface area contributed by atoms with E-state index in [1.165, 1.54) is 12.1 Å². The number of carbonyl (C=O) groups is 1. The minimum atomic E-state index is -0.517. The van der Waals surface area contributed by atoms with Gasteiger partial charge in [-0.15, -0.1) is 0 Å². The van der Waals surface area contributed by atoms with E-state index in [2.05, 4.69) is 6.58 Å². The molecule has 0 aliphatic carbocycles.